The standard InChI is InChI=1S/C17H27N3O2/c21-11-5-9-14-8-4-10-20(14)17(22)16-12-15(18-19-16)13-6-2-1-3-7-13/h12-14,21H,1-11H2,(H,18,19). The van der Waals surface area contributed by atoms with E-state index in [1.165, 1.54) is 32.1 Å². The number of carbonyl (C=O) groups is 1. The maximum Gasteiger partial charge on any atom is 0.274 e. The molecule has 122 valence electrons. The van der Waals surface area contributed by atoms with Crippen LogP contribution in [0.25, 0.3) is 0 Å². The van der Waals surface area contributed by atoms with Crippen molar-refractivity contribution in [3.05, 3.63) is 17.5 Å². The molecule has 22 heavy (non-hydrogen) atoms. The molecule has 5 nitrogen and oxygen atoms in total. The lowest BCUT2D eigenvalue weighted by Gasteiger charge is -2.23. The van der Waals surface area contributed by atoms with Gasteiger partial charge in [0.25, 0.3) is 5.91 Å². The average Bonchev–Trinajstić information content (AvgIpc) is 3.22. The fraction of sp³-hybridized carbons (Fsp3) is 0.765. The summed E-state index contributed by atoms with van der Waals surface area (Å²) >= 11 is 0. The number of aromatic nitrogens is 2. The fourth-order valence-electron chi connectivity index (χ4n) is 3.95. The van der Waals surface area contributed by atoms with Crippen LogP contribution in [0.2, 0.25) is 0 Å². The van der Waals surface area contributed by atoms with Crippen LogP contribution in [-0.4, -0.2) is 45.3 Å². The molecular weight excluding hydrogens is 278 g/mol. The molecule has 2 fully saturated rings. The molecule has 0 bridgehead atoms. The lowest BCUT2D eigenvalue weighted by molar-refractivity contribution is 0.0718. The van der Waals surface area contributed by atoms with Crippen molar-refractivity contribution in [2.24, 2.45) is 0 Å². The van der Waals surface area contributed by atoms with Gasteiger partial charge < -0.3 is 10.0 Å². The van der Waals surface area contributed by atoms with Crippen molar-refractivity contribution in [1.82, 2.24) is 15.1 Å². The van der Waals surface area contributed by atoms with E-state index >= 15 is 0 Å². The Morgan fingerprint density at radius 2 is 2.09 bits per heavy atom. The van der Waals surface area contributed by atoms with Crippen LogP contribution in [0.15, 0.2) is 6.07 Å². The largest absolute Gasteiger partial charge is 0.396 e. The third-order valence-electron chi connectivity index (χ3n) is 5.20. The predicted octanol–water partition coefficient (Wildman–Crippen LogP) is 2.83. The molecule has 0 spiro atoms. The molecule has 1 unspecified atom stereocenters. The lowest BCUT2D eigenvalue weighted by atomic mass is 9.87. The summed E-state index contributed by atoms with van der Waals surface area (Å²) in [7, 11) is 0. The van der Waals surface area contributed by atoms with Crippen molar-refractivity contribution >= 4 is 5.91 Å². The first-order valence-electron chi connectivity index (χ1n) is 8.76. The van der Waals surface area contributed by atoms with E-state index in [-0.39, 0.29) is 18.6 Å². The molecule has 1 aromatic heterocycles. The van der Waals surface area contributed by atoms with Crippen LogP contribution < -0.4 is 0 Å². The zero-order chi connectivity index (χ0) is 15.4. The van der Waals surface area contributed by atoms with Gasteiger partial charge in [0, 0.05) is 30.8 Å². The lowest BCUT2D eigenvalue weighted by Crippen LogP contribution is -2.35. The van der Waals surface area contributed by atoms with Crippen molar-refractivity contribution in [2.75, 3.05) is 13.2 Å². The molecule has 1 aliphatic carbocycles. The quantitative estimate of drug-likeness (QED) is 0.879. The molecule has 1 aromatic rings. The molecule has 1 atom stereocenters. The first-order chi connectivity index (χ1) is 10.8. The second-order valence-electron chi connectivity index (χ2n) is 6.70. The Morgan fingerprint density at radius 3 is 2.86 bits per heavy atom. The van der Waals surface area contributed by atoms with Crippen LogP contribution in [0, 0.1) is 0 Å². The highest BCUT2D eigenvalue weighted by Gasteiger charge is 2.30. The van der Waals surface area contributed by atoms with E-state index in [2.05, 4.69) is 10.2 Å². The van der Waals surface area contributed by atoms with Crippen molar-refractivity contribution in [1.29, 1.82) is 0 Å². The minimum atomic E-state index is 0.0544. The Balaban J connectivity index is 1.65. The van der Waals surface area contributed by atoms with Gasteiger partial charge in [0.05, 0.1) is 0 Å². The van der Waals surface area contributed by atoms with Gasteiger partial charge in [-0.05, 0) is 44.6 Å². The molecule has 1 amide bonds. The summed E-state index contributed by atoms with van der Waals surface area (Å²) in [5, 5.41) is 16.4. The molecule has 0 radical (unpaired) electrons. The van der Waals surface area contributed by atoms with Gasteiger partial charge in [-0.25, -0.2) is 0 Å². The SMILES string of the molecule is O=C(c1cc(C2CCCCC2)[nH]n1)N1CCCC1CCCO. The molecule has 0 aromatic carbocycles. The summed E-state index contributed by atoms with van der Waals surface area (Å²) in [6.45, 7) is 1.02. The number of amides is 1. The van der Waals surface area contributed by atoms with Crippen molar-refractivity contribution in [3.63, 3.8) is 0 Å². The van der Waals surface area contributed by atoms with Crippen LogP contribution in [0.4, 0.5) is 0 Å². The predicted molar refractivity (Wildman–Crippen MR) is 84.8 cm³/mol. The maximum atomic E-state index is 12.7. The summed E-state index contributed by atoms with van der Waals surface area (Å²) in [5.74, 6) is 0.602. The van der Waals surface area contributed by atoms with Crippen molar-refractivity contribution < 1.29 is 9.90 Å². The second kappa shape index (κ2) is 7.27. The minimum absolute atomic E-state index is 0.0544. The van der Waals surface area contributed by atoms with Crippen LogP contribution in [0.3, 0.4) is 0 Å². The molecule has 1 saturated heterocycles. The van der Waals surface area contributed by atoms with Gasteiger partial charge in [-0.1, -0.05) is 19.3 Å². The molecular formula is C17H27N3O2. The molecule has 1 saturated carbocycles. The monoisotopic (exact) mass is 305 g/mol. The topological polar surface area (TPSA) is 69.2 Å². The molecule has 2 aliphatic rings. The zero-order valence-corrected chi connectivity index (χ0v) is 13.3. The van der Waals surface area contributed by atoms with Gasteiger partial charge in [0.15, 0.2) is 0 Å². The van der Waals surface area contributed by atoms with Crippen LogP contribution >= 0.6 is 0 Å². The number of nitrogens with one attached hydrogen (secondary N) is 1. The van der Waals surface area contributed by atoms with Gasteiger partial charge >= 0.3 is 0 Å². The number of likely N-dealkylation sites (tertiary alicyclic amines) is 1. The van der Waals surface area contributed by atoms with Gasteiger partial charge in [0.1, 0.15) is 5.69 Å². The molecule has 1 aliphatic heterocycles. The third kappa shape index (κ3) is 3.35. The van der Waals surface area contributed by atoms with Crippen LogP contribution in [0.1, 0.15) is 79.9 Å². The number of H-pyrrole nitrogens is 1. The minimum Gasteiger partial charge on any atom is -0.396 e. The van der Waals surface area contributed by atoms with E-state index in [4.69, 9.17) is 5.11 Å². The summed E-state index contributed by atoms with van der Waals surface area (Å²) in [4.78, 5) is 14.7. The Morgan fingerprint density at radius 1 is 1.27 bits per heavy atom. The highest BCUT2D eigenvalue weighted by Crippen LogP contribution is 2.32. The number of aliphatic hydroxyl groups excluding tert-OH is 1. The normalized spacial score (nSPS) is 23.1. The maximum absolute atomic E-state index is 12.7. The Kier molecular flexibility index (Phi) is 5.13. The second-order valence-corrected chi connectivity index (χ2v) is 6.70. The number of aliphatic hydroxyl groups is 1. The van der Waals surface area contributed by atoms with Gasteiger partial charge in [-0.3, -0.25) is 9.89 Å². The number of hydrogen-bond acceptors (Lipinski definition) is 3. The average molecular weight is 305 g/mol. The Hall–Kier alpha value is -1.36. The molecule has 3 rings (SSSR count). The summed E-state index contributed by atoms with van der Waals surface area (Å²) in [5.41, 5.74) is 1.70. The molecule has 5 heteroatoms. The summed E-state index contributed by atoms with van der Waals surface area (Å²) < 4.78 is 0. The molecule has 2 N–H and O–H groups in total. The highest BCUT2D eigenvalue weighted by molar-refractivity contribution is 5.92. The van der Waals surface area contributed by atoms with Gasteiger partial charge in [-0.2, -0.15) is 5.10 Å². The van der Waals surface area contributed by atoms with Gasteiger partial charge in [-0.15, -0.1) is 0 Å². The van der Waals surface area contributed by atoms with Crippen molar-refractivity contribution in [3.8, 4) is 0 Å². The zero-order valence-electron chi connectivity index (χ0n) is 13.3. The summed E-state index contributed by atoms with van der Waals surface area (Å²) in [6, 6.07) is 2.24. The number of rotatable bonds is 5. The van der Waals surface area contributed by atoms with Gasteiger partial charge in [0.2, 0.25) is 0 Å². The fourth-order valence-corrected chi connectivity index (χ4v) is 3.95. The van der Waals surface area contributed by atoms with E-state index < -0.39 is 0 Å². The van der Waals surface area contributed by atoms with E-state index in [0.717, 1.165) is 37.9 Å². The first-order valence-corrected chi connectivity index (χ1v) is 8.76. The number of aromatic amines is 1. The highest BCUT2D eigenvalue weighted by atomic mass is 16.3. The third-order valence-corrected chi connectivity index (χ3v) is 5.20. The Labute approximate surface area is 132 Å². The summed E-state index contributed by atoms with van der Waals surface area (Å²) in [6.07, 6.45) is 10.1. The van der Waals surface area contributed by atoms with Crippen molar-refractivity contribution in [2.45, 2.75) is 69.7 Å². The molecule has 2 heterocycles. The number of carbonyl (C=O) groups excluding carboxylic acids is 1. The Bertz CT molecular complexity index is 494. The van der Waals surface area contributed by atoms with Crippen LogP contribution in [-0.2, 0) is 0 Å². The van der Waals surface area contributed by atoms with E-state index in [1.54, 1.807) is 0 Å². The number of hydrogen-bond donors (Lipinski definition) is 2. The number of nitrogens with zero attached hydrogens (tertiary/aromatic N) is 2. The first kappa shape index (κ1) is 15.5. The van der Waals surface area contributed by atoms with E-state index in [9.17, 15) is 4.79 Å². The van der Waals surface area contributed by atoms with Crippen LogP contribution in [0.5, 0.6) is 0 Å². The van der Waals surface area contributed by atoms with E-state index in [0.29, 0.717) is 11.6 Å². The van der Waals surface area contributed by atoms with E-state index in [1.807, 2.05) is 11.0 Å². The smallest absolute Gasteiger partial charge is 0.274 e.